The molecule has 27 heavy (non-hydrogen) atoms. The van der Waals surface area contributed by atoms with E-state index in [1.165, 1.54) is 17.8 Å². The van der Waals surface area contributed by atoms with Crippen LogP contribution >= 0.6 is 11.3 Å². The van der Waals surface area contributed by atoms with Crippen LogP contribution in [-0.4, -0.2) is 43.5 Å². The lowest BCUT2D eigenvalue weighted by molar-refractivity contribution is 0.415. The van der Waals surface area contributed by atoms with Crippen LogP contribution in [0.4, 0.5) is 15.2 Å². The zero-order valence-electron chi connectivity index (χ0n) is 15.1. The van der Waals surface area contributed by atoms with Crippen molar-refractivity contribution in [3.8, 4) is 5.75 Å². The molecule has 7 heteroatoms. The van der Waals surface area contributed by atoms with Gasteiger partial charge in [-0.1, -0.05) is 23.5 Å². The Hall–Kier alpha value is -2.67. The fourth-order valence-corrected chi connectivity index (χ4v) is 4.09. The van der Waals surface area contributed by atoms with Crippen molar-refractivity contribution in [2.75, 3.05) is 43.1 Å². The molecule has 1 aromatic heterocycles. The number of ether oxygens (including phenoxy) is 1. The van der Waals surface area contributed by atoms with Gasteiger partial charge in [-0.05, 0) is 42.0 Å². The summed E-state index contributed by atoms with van der Waals surface area (Å²) in [7, 11) is 1.68. The Morgan fingerprint density at radius 1 is 0.926 bits per heavy atom. The molecule has 0 radical (unpaired) electrons. The number of piperazine rings is 1. The summed E-state index contributed by atoms with van der Waals surface area (Å²) in [6, 6.07) is 14.7. The third kappa shape index (κ3) is 4.19. The van der Waals surface area contributed by atoms with Gasteiger partial charge < -0.3 is 14.5 Å². The van der Waals surface area contributed by atoms with E-state index < -0.39 is 0 Å². The predicted octanol–water partition coefficient (Wildman–Crippen LogP) is 3.60. The highest BCUT2D eigenvalue weighted by atomic mass is 32.1. The molecule has 2 heterocycles. The minimum Gasteiger partial charge on any atom is -0.497 e. The van der Waals surface area contributed by atoms with Gasteiger partial charge in [0.2, 0.25) is 5.13 Å². The Balaban J connectivity index is 1.35. The van der Waals surface area contributed by atoms with Crippen molar-refractivity contribution in [1.29, 1.82) is 0 Å². The molecule has 1 fully saturated rings. The number of hydrogen-bond donors (Lipinski definition) is 0. The van der Waals surface area contributed by atoms with Crippen LogP contribution in [0.15, 0.2) is 48.5 Å². The van der Waals surface area contributed by atoms with Crippen LogP contribution in [0.3, 0.4) is 0 Å². The highest BCUT2D eigenvalue weighted by Gasteiger charge is 2.20. The molecule has 5 nitrogen and oxygen atoms in total. The highest BCUT2D eigenvalue weighted by Crippen LogP contribution is 2.26. The fourth-order valence-electron chi connectivity index (χ4n) is 3.17. The molecule has 1 aliphatic heterocycles. The Morgan fingerprint density at radius 3 is 2.26 bits per heavy atom. The van der Waals surface area contributed by atoms with Crippen molar-refractivity contribution in [1.82, 2.24) is 10.2 Å². The van der Waals surface area contributed by atoms with Gasteiger partial charge in [0.1, 0.15) is 16.6 Å². The number of hydrogen-bond acceptors (Lipinski definition) is 6. The molecule has 3 aromatic rings. The number of benzene rings is 2. The minimum atomic E-state index is -0.216. The number of aromatic nitrogens is 2. The summed E-state index contributed by atoms with van der Waals surface area (Å²) in [5.41, 5.74) is 2.26. The van der Waals surface area contributed by atoms with E-state index >= 15 is 0 Å². The third-order valence-corrected chi connectivity index (χ3v) is 5.70. The Morgan fingerprint density at radius 2 is 1.59 bits per heavy atom. The summed E-state index contributed by atoms with van der Waals surface area (Å²) < 4.78 is 18.2. The number of methoxy groups -OCH3 is 1. The molecule has 4 rings (SSSR count). The van der Waals surface area contributed by atoms with E-state index in [1.54, 1.807) is 30.6 Å². The normalized spacial score (nSPS) is 14.4. The maximum Gasteiger partial charge on any atom is 0.208 e. The lowest BCUT2D eigenvalue weighted by atomic mass is 10.2. The van der Waals surface area contributed by atoms with Gasteiger partial charge in [0, 0.05) is 38.3 Å². The lowest BCUT2D eigenvalue weighted by Gasteiger charge is -2.35. The predicted molar refractivity (Wildman–Crippen MR) is 107 cm³/mol. The van der Waals surface area contributed by atoms with Crippen molar-refractivity contribution in [3.63, 3.8) is 0 Å². The summed E-state index contributed by atoms with van der Waals surface area (Å²) >= 11 is 1.62. The first kappa shape index (κ1) is 17.7. The van der Waals surface area contributed by atoms with E-state index in [9.17, 15) is 4.39 Å². The molecule has 1 saturated heterocycles. The van der Waals surface area contributed by atoms with Gasteiger partial charge in [-0.3, -0.25) is 0 Å². The number of rotatable bonds is 5. The molecular weight excluding hydrogens is 363 g/mol. The monoisotopic (exact) mass is 384 g/mol. The van der Waals surface area contributed by atoms with E-state index in [1.807, 2.05) is 12.1 Å². The standard InChI is InChI=1S/C20H21FN4OS/c1-26-18-8-6-17(7-9-18)24-10-12-25(13-11-24)20-23-22-19(27-20)14-15-2-4-16(21)5-3-15/h2-9H,10-14H2,1H3. The van der Waals surface area contributed by atoms with Crippen molar-refractivity contribution >= 4 is 22.2 Å². The summed E-state index contributed by atoms with van der Waals surface area (Å²) in [5, 5.41) is 10.6. The minimum absolute atomic E-state index is 0.216. The van der Waals surface area contributed by atoms with Crippen LogP contribution in [0.5, 0.6) is 5.75 Å². The maximum absolute atomic E-state index is 13.0. The average molecular weight is 384 g/mol. The van der Waals surface area contributed by atoms with Gasteiger partial charge >= 0.3 is 0 Å². The number of halogens is 1. The second-order valence-corrected chi connectivity index (χ2v) is 7.49. The zero-order valence-corrected chi connectivity index (χ0v) is 16.0. The Kier molecular flexibility index (Phi) is 5.20. The first-order valence-corrected chi connectivity index (χ1v) is 9.74. The van der Waals surface area contributed by atoms with Gasteiger partial charge in [0.25, 0.3) is 0 Å². The maximum atomic E-state index is 13.0. The SMILES string of the molecule is COc1ccc(N2CCN(c3nnc(Cc4ccc(F)cc4)s3)CC2)cc1. The van der Waals surface area contributed by atoms with Crippen molar-refractivity contribution in [3.05, 3.63) is 64.9 Å². The second kappa shape index (κ2) is 7.92. The molecule has 140 valence electrons. The van der Waals surface area contributed by atoms with E-state index in [-0.39, 0.29) is 5.82 Å². The first-order chi connectivity index (χ1) is 13.2. The molecule has 0 spiro atoms. The van der Waals surface area contributed by atoms with Crippen molar-refractivity contribution in [2.45, 2.75) is 6.42 Å². The summed E-state index contributed by atoms with van der Waals surface area (Å²) in [4.78, 5) is 4.66. The molecule has 0 saturated carbocycles. The van der Waals surface area contributed by atoms with Gasteiger partial charge in [-0.2, -0.15) is 0 Å². The first-order valence-electron chi connectivity index (χ1n) is 8.92. The average Bonchev–Trinajstić information content (AvgIpc) is 3.18. The van der Waals surface area contributed by atoms with Crippen LogP contribution in [0, 0.1) is 5.82 Å². The van der Waals surface area contributed by atoms with Gasteiger partial charge in [-0.15, -0.1) is 10.2 Å². The summed E-state index contributed by atoms with van der Waals surface area (Å²) in [6.45, 7) is 3.72. The fraction of sp³-hybridized carbons (Fsp3) is 0.300. The molecule has 1 aliphatic rings. The van der Waals surface area contributed by atoms with Crippen molar-refractivity contribution < 1.29 is 9.13 Å². The smallest absolute Gasteiger partial charge is 0.208 e. The molecule has 0 amide bonds. The number of anilines is 2. The van der Waals surface area contributed by atoms with E-state index in [0.29, 0.717) is 6.42 Å². The Bertz CT molecular complexity index is 874. The van der Waals surface area contributed by atoms with Gasteiger partial charge in [0.05, 0.1) is 7.11 Å². The molecule has 2 aromatic carbocycles. The van der Waals surface area contributed by atoms with Crippen LogP contribution in [0.2, 0.25) is 0 Å². The number of nitrogens with zero attached hydrogens (tertiary/aromatic N) is 4. The molecule has 0 unspecified atom stereocenters. The van der Waals surface area contributed by atoms with E-state index in [0.717, 1.165) is 47.6 Å². The summed E-state index contributed by atoms with van der Waals surface area (Å²) in [5.74, 6) is 0.659. The van der Waals surface area contributed by atoms with Crippen molar-refractivity contribution in [2.24, 2.45) is 0 Å². The lowest BCUT2D eigenvalue weighted by Crippen LogP contribution is -2.46. The molecule has 0 N–H and O–H groups in total. The van der Waals surface area contributed by atoms with E-state index in [2.05, 4.69) is 32.1 Å². The van der Waals surface area contributed by atoms with Crippen LogP contribution in [-0.2, 0) is 6.42 Å². The Labute approximate surface area is 162 Å². The highest BCUT2D eigenvalue weighted by molar-refractivity contribution is 7.15. The topological polar surface area (TPSA) is 41.5 Å². The van der Waals surface area contributed by atoms with E-state index in [4.69, 9.17) is 4.74 Å². The molecule has 0 aliphatic carbocycles. The summed E-state index contributed by atoms with van der Waals surface area (Å²) in [6.07, 6.45) is 0.684. The molecule has 0 bridgehead atoms. The van der Waals surface area contributed by atoms with Crippen LogP contribution < -0.4 is 14.5 Å². The molecule has 0 atom stereocenters. The largest absolute Gasteiger partial charge is 0.497 e. The van der Waals surface area contributed by atoms with Crippen LogP contribution in [0.1, 0.15) is 10.6 Å². The van der Waals surface area contributed by atoms with Crippen LogP contribution in [0.25, 0.3) is 0 Å². The second-order valence-electron chi connectivity index (χ2n) is 6.45. The quantitative estimate of drug-likeness (QED) is 0.672. The zero-order chi connectivity index (χ0) is 18.6. The molecular formula is C20H21FN4OS. The van der Waals surface area contributed by atoms with Gasteiger partial charge in [-0.25, -0.2) is 4.39 Å². The van der Waals surface area contributed by atoms with Gasteiger partial charge in [0.15, 0.2) is 0 Å². The third-order valence-electron chi connectivity index (χ3n) is 4.71.